The molecule has 2 saturated heterocycles. The molecule has 150 valence electrons. The number of aromatic nitrogens is 2. The summed E-state index contributed by atoms with van der Waals surface area (Å²) < 4.78 is 13.0. The largest absolute Gasteiger partial charge is 0.465 e. The monoisotopic (exact) mass is 412 g/mol. The van der Waals surface area contributed by atoms with Gasteiger partial charge in [0.2, 0.25) is 0 Å². The van der Waals surface area contributed by atoms with E-state index >= 15 is 0 Å². The summed E-state index contributed by atoms with van der Waals surface area (Å²) in [4.78, 5) is 28.7. The predicted octanol–water partition coefficient (Wildman–Crippen LogP) is 3.92. The quantitative estimate of drug-likeness (QED) is 0.346. The van der Waals surface area contributed by atoms with Crippen molar-refractivity contribution in [1.82, 2.24) is 9.55 Å². The van der Waals surface area contributed by atoms with Crippen molar-refractivity contribution in [2.75, 3.05) is 12.4 Å². The Morgan fingerprint density at radius 3 is 3.00 bits per heavy atom. The number of esters is 2. The molecule has 1 aromatic rings. The average Bonchev–Trinajstić information content (AvgIpc) is 3.38. The Hall–Kier alpha value is -1.15. The highest BCUT2D eigenvalue weighted by Gasteiger charge is 2.43. The van der Waals surface area contributed by atoms with Crippen molar-refractivity contribution < 1.29 is 19.1 Å². The second-order valence-electron chi connectivity index (χ2n) is 7.22. The van der Waals surface area contributed by atoms with Crippen molar-refractivity contribution in [2.45, 2.75) is 56.8 Å². The van der Waals surface area contributed by atoms with Gasteiger partial charge in [-0.05, 0) is 25.7 Å². The summed E-state index contributed by atoms with van der Waals surface area (Å²) in [6, 6.07) is 0. The maximum atomic E-state index is 12.5. The van der Waals surface area contributed by atoms with E-state index in [0.717, 1.165) is 23.8 Å². The lowest BCUT2D eigenvalue weighted by Crippen LogP contribution is -2.27. The molecule has 2 aliphatic heterocycles. The Labute approximate surface area is 168 Å². The van der Waals surface area contributed by atoms with Gasteiger partial charge in [0.15, 0.2) is 6.10 Å². The van der Waals surface area contributed by atoms with Crippen LogP contribution in [0.15, 0.2) is 12.5 Å². The van der Waals surface area contributed by atoms with Crippen LogP contribution in [0.25, 0.3) is 0 Å². The summed E-state index contributed by atoms with van der Waals surface area (Å²) in [5.74, 6) is 0.440. The molecule has 3 rings (SSSR count). The SMILES string of the molecule is CC[C@@H]1C(=O)OC[C@@H]1C(OC(=O)CCCC[C@@H]1CCSS1)c1cncn1C. The van der Waals surface area contributed by atoms with Gasteiger partial charge in [-0.3, -0.25) is 9.59 Å². The first kappa shape index (κ1) is 20.6. The molecule has 0 radical (unpaired) electrons. The van der Waals surface area contributed by atoms with Crippen LogP contribution >= 0.6 is 21.6 Å². The summed E-state index contributed by atoms with van der Waals surface area (Å²) >= 11 is 0. The highest BCUT2D eigenvalue weighted by Crippen LogP contribution is 2.40. The van der Waals surface area contributed by atoms with E-state index in [4.69, 9.17) is 9.47 Å². The first-order chi connectivity index (χ1) is 13.1. The number of aryl methyl sites for hydroxylation is 1. The topological polar surface area (TPSA) is 70.4 Å². The standard InChI is InChI=1S/C19H28N2O4S2/c1-3-14-15(11-24-19(14)23)18(16-10-20-12-21(16)2)25-17(22)7-5-4-6-13-8-9-26-27-13/h10,12-15,18H,3-9,11H2,1-2H3/t13-,14+,15+,18?/m1/s1. The van der Waals surface area contributed by atoms with Gasteiger partial charge in [-0.2, -0.15) is 0 Å². The van der Waals surface area contributed by atoms with Crippen LogP contribution in [0.2, 0.25) is 0 Å². The number of rotatable bonds is 9. The Balaban J connectivity index is 1.57. The Kier molecular flexibility index (Phi) is 7.52. The molecule has 0 aliphatic carbocycles. The Morgan fingerprint density at radius 2 is 2.33 bits per heavy atom. The molecule has 1 unspecified atom stereocenters. The molecule has 0 amide bonds. The van der Waals surface area contributed by atoms with Crippen LogP contribution < -0.4 is 0 Å². The first-order valence-electron chi connectivity index (χ1n) is 9.70. The number of hydrogen-bond acceptors (Lipinski definition) is 7. The minimum atomic E-state index is -0.497. The van der Waals surface area contributed by atoms with Crippen molar-refractivity contribution in [3.63, 3.8) is 0 Å². The van der Waals surface area contributed by atoms with Gasteiger partial charge in [-0.25, -0.2) is 4.98 Å². The maximum absolute atomic E-state index is 12.5. The van der Waals surface area contributed by atoms with Gasteiger partial charge in [0.05, 0.1) is 30.7 Å². The van der Waals surface area contributed by atoms with Gasteiger partial charge in [-0.15, -0.1) is 0 Å². The molecule has 4 atom stereocenters. The normalized spacial score (nSPS) is 26.1. The lowest BCUT2D eigenvalue weighted by molar-refractivity contribution is -0.154. The lowest BCUT2D eigenvalue weighted by atomic mass is 9.87. The number of cyclic esters (lactones) is 1. The van der Waals surface area contributed by atoms with E-state index in [1.165, 1.54) is 18.6 Å². The number of imidazole rings is 1. The van der Waals surface area contributed by atoms with E-state index in [2.05, 4.69) is 4.98 Å². The maximum Gasteiger partial charge on any atom is 0.309 e. The third-order valence-corrected chi connectivity index (χ3v) is 8.36. The molecule has 3 heterocycles. The fraction of sp³-hybridized carbons (Fsp3) is 0.737. The van der Waals surface area contributed by atoms with Crippen molar-refractivity contribution in [3.05, 3.63) is 18.2 Å². The van der Waals surface area contributed by atoms with Gasteiger partial charge < -0.3 is 14.0 Å². The average molecular weight is 413 g/mol. The molecule has 0 bridgehead atoms. The molecule has 0 aromatic carbocycles. The minimum absolute atomic E-state index is 0.159. The molecular formula is C19H28N2O4S2. The molecule has 6 nitrogen and oxygen atoms in total. The number of hydrogen-bond donors (Lipinski definition) is 0. The number of nitrogens with zero attached hydrogens (tertiary/aromatic N) is 2. The fourth-order valence-corrected chi connectivity index (χ4v) is 6.79. The van der Waals surface area contributed by atoms with Crippen LogP contribution in [0.5, 0.6) is 0 Å². The van der Waals surface area contributed by atoms with Crippen LogP contribution in [0.4, 0.5) is 0 Å². The molecule has 0 spiro atoms. The highest BCUT2D eigenvalue weighted by atomic mass is 33.1. The van der Waals surface area contributed by atoms with E-state index in [1.54, 1.807) is 12.5 Å². The Morgan fingerprint density at radius 1 is 1.48 bits per heavy atom. The zero-order valence-electron chi connectivity index (χ0n) is 16.0. The molecule has 0 N–H and O–H groups in total. The summed E-state index contributed by atoms with van der Waals surface area (Å²) in [5.41, 5.74) is 0.810. The molecule has 2 aliphatic rings. The van der Waals surface area contributed by atoms with E-state index in [1.807, 2.05) is 40.1 Å². The number of carbonyl (C=O) groups excluding carboxylic acids is 2. The van der Waals surface area contributed by atoms with Crippen molar-refractivity contribution in [2.24, 2.45) is 18.9 Å². The second kappa shape index (κ2) is 9.87. The fourth-order valence-electron chi connectivity index (χ4n) is 3.76. The van der Waals surface area contributed by atoms with Crippen molar-refractivity contribution in [3.8, 4) is 0 Å². The third-order valence-electron chi connectivity index (χ3n) is 5.35. The van der Waals surface area contributed by atoms with Crippen LogP contribution in [-0.4, -0.2) is 39.1 Å². The number of carbonyl (C=O) groups is 2. The van der Waals surface area contributed by atoms with E-state index in [0.29, 0.717) is 12.8 Å². The third kappa shape index (κ3) is 5.22. The molecule has 27 heavy (non-hydrogen) atoms. The van der Waals surface area contributed by atoms with Gasteiger partial charge in [-0.1, -0.05) is 34.9 Å². The molecule has 0 saturated carbocycles. The first-order valence-corrected chi connectivity index (χ1v) is 12.1. The van der Waals surface area contributed by atoms with Crippen molar-refractivity contribution >= 4 is 33.5 Å². The summed E-state index contributed by atoms with van der Waals surface area (Å²) in [5, 5.41) is 0.736. The van der Waals surface area contributed by atoms with E-state index < -0.39 is 6.10 Å². The summed E-state index contributed by atoms with van der Waals surface area (Å²) in [7, 11) is 5.80. The van der Waals surface area contributed by atoms with E-state index in [-0.39, 0.29) is 30.4 Å². The second-order valence-corrected chi connectivity index (χ2v) is 10.0. The number of ether oxygens (including phenoxy) is 2. The molecule has 2 fully saturated rings. The summed E-state index contributed by atoms with van der Waals surface area (Å²) in [6.45, 7) is 2.25. The highest BCUT2D eigenvalue weighted by molar-refractivity contribution is 8.77. The smallest absolute Gasteiger partial charge is 0.309 e. The predicted molar refractivity (Wildman–Crippen MR) is 107 cm³/mol. The van der Waals surface area contributed by atoms with Crippen LogP contribution in [-0.2, 0) is 26.1 Å². The zero-order valence-corrected chi connectivity index (χ0v) is 17.6. The van der Waals surface area contributed by atoms with Gasteiger partial charge in [0.1, 0.15) is 0 Å². The summed E-state index contributed by atoms with van der Waals surface area (Å²) in [6.07, 6.45) is 8.32. The Bertz CT molecular complexity index is 645. The zero-order chi connectivity index (χ0) is 19.2. The van der Waals surface area contributed by atoms with Crippen LogP contribution in [0.3, 0.4) is 0 Å². The van der Waals surface area contributed by atoms with Gasteiger partial charge in [0.25, 0.3) is 0 Å². The van der Waals surface area contributed by atoms with Gasteiger partial charge in [0, 0.05) is 30.4 Å². The molecule has 1 aromatic heterocycles. The van der Waals surface area contributed by atoms with E-state index in [9.17, 15) is 9.59 Å². The molecular weight excluding hydrogens is 384 g/mol. The lowest BCUT2D eigenvalue weighted by Gasteiger charge is -2.25. The van der Waals surface area contributed by atoms with Crippen LogP contribution in [0.1, 0.15) is 57.2 Å². The minimum Gasteiger partial charge on any atom is -0.465 e. The molecule has 8 heteroatoms. The van der Waals surface area contributed by atoms with Crippen LogP contribution in [0, 0.1) is 11.8 Å². The number of unbranched alkanes of at least 4 members (excludes halogenated alkanes) is 1. The van der Waals surface area contributed by atoms with Gasteiger partial charge >= 0.3 is 11.9 Å². The van der Waals surface area contributed by atoms with Crippen molar-refractivity contribution in [1.29, 1.82) is 0 Å².